The first-order valence-electron chi connectivity index (χ1n) is 18.7. The quantitative estimate of drug-likeness (QED) is 0.0653. The SMILES string of the molecule is CC(C)(C)[C@@H](NCC[C@H](N[C@@H](CC(N)=O)C(=O)O)C(=O)NCCC(=O)N[C@@H](CCC(=O)O)C(=O)O)c1cc(-c2cc(F)ccc2F)cn1Cc1ccccc1.OCCO. The number of carbonyl (C=O) groups excluding carboxylic acids is 3. The van der Waals surface area contributed by atoms with E-state index in [0.717, 1.165) is 29.5 Å². The summed E-state index contributed by atoms with van der Waals surface area (Å²) in [5.41, 5.74) is 6.93. The summed E-state index contributed by atoms with van der Waals surface area (Å²) in [6.07, 6.45) is -0.148. The molecule has 3 amide bonds. The van der Waals surface area contributed by atoms with Crippen LogP contribution < -0.4 is 27.0 Å². The molecule has 19 heteroatoms. The third-order valence-electron chi connectivity index (χ3n) is 8.76. The van der Waals surface area contributed by atoms with E-state index in [4.69, 9.17) is 21.1 Å². The maximum Gasteiger partial charge on any atom is 0.326 e. The van der Waals surface area contributed by atoms with Gasteiger partial charge in [0, 0.05) is 48.9 Å². The van der Waals surface area contributed by atoms with Crippen LogP contribution in [0.2, 0.25) is 0 Å². The number of nitrogens with zero attached hydrogens (tertiary/aromatic N) is 1. The van der Waals surface area contributed by atoms with Crippen LogP contribution in [0.5, 0.6) is 0 Å². The molecule has 1 aromatic heterocycles. The first kappa shape index (κ1) is 49.4. The number of aliphatic hydroxyl groups is 2. The molecule has 1 heterocycles. The summed E-state index contributed by atoms with van der Waals surface area (Å²) in [6.45, 7) is 5.84. The van der Waals surface area contributed by atoms with Gasteiger partial charge in [0.05, 0.1) is 31.7 Å². The fourth-order valence-electron chi connectivity index (χ4n) is 5.95. The van der Waals surface area contributed by atoms with Gasteiger partial charge in [-0.15, -0.1) is 0 Å². The van der Waals surface area contributed by atoms with E-state index in [1.807, 2.05) is 55.7 Å². The van der Waals surface area contributed by atoms with Gasteiger partial charge in [-0.25, -0.2) is 13.6 Å². The Kier molecular flexibility index (Phi) is 20.3. The van der Waals surface area contributed by atoms with Crippen LogP contribution in [-0.4, -0.2) is 110 Å². The third-order valence-corrected chi connectivity index (χ3v) is 8.76. The molecular formula is C40H54F2N6O11. The zero-order valence-corrected chi connectivity index (χ0v) is 33.1. The Hall–Kier alpha value is -5.76. The summed E-state index contributed by atoms with van der Waals surface area (Å²) >= 11 is 0. The maximum absolute atomic E-state index is 15.0. The lowest BCUT2D eigenvalue weighted by atomic mass is 9.84. The molecule has 2 aromatic carbocycles. The van der Waals surface area contributed by atoms with E-state index < -0.39 is 89.7 Å². The van der Waals surface area contributed by atoms with Gasteiger partial charge in [0.1, 0.15) is 23.7 Å². The minimum atomic E-state index is -1.53. The number of hydrogen-bond donors (Lipinski definition) is 10. The van der Waals surface area contributed by atoms with Gasteiger partial charge in [0.2, 0.25) is 17.7 Å². The van der Waals surface area contributed by atoms with Crippen molar-refractivity contribution in [2.24, 2.45) is 11.1 Å². The van der Waals surface area contributed by atoms with Crippen molar-refractivity contribution >= 4 is 35.6 Å². The molecule has 59 heavy (non-hydrogen) atoms. The Balaban J connectivity index is 0.00000286. The van der Waals surface area contributed by atoms with E-state index in [1.54, 1.807) is 12.3 Å². The summed E-state index contributed by atoms with van der Waals surface area (Å²) in [5, 5.41) is 54.0. The topological polar surface area (TPSA) is 283 Å². The Morgan fingerprint density at radius 1 is 0.814 bits per heavy atom. The number of aromatic nitrogens is 1. The molecule has 0 aliphatic carbocycles. The van der Waals surface area contributed by atoms with Gasteiger partial charge < -0.3 is 51.8 Å². The van der Waals surface area contributed by atoms with Crippen LogP contribution in [0.25, 0.3) is 11.1 Å². The number of benzene rings is 2. The molecule has 0 spiro atoms. The maximum atomic E-state index is 15.0. The fraction of sp³-hybridized carbons (Fsp3) is 0.450. The first-order chi connectivity index (χ1) is 27.8. The number of aliphatic hydroxyl groups excluding tert-OH is 2. The number of rotatable bonds is 23. The second-order valence-electron chi connectivity index (χ2n) is 14.6. The number of amides is 3. The summed E-state index contributed by atoms with van der Waals surface area (Å²) in [6, 6.07) is 9.79. The number of aliphatic carboxylic acids is 3. The molecule has 0 bridgehead atoms. The standard InChI is InChI=1S/C38H48F2N6O9.C2H6O2/c1-38(2,3)34(30-17-23(25-18-24(39)9-10-26(25)40)21-46(30)20-22-7-5-4-6-8-22)42-15-13-27(44-29(37(54)55)19-31(41)47)35(51)43-16-14-32(48)45-28(36(52)53)11-12-33(49)50;3-1-2-4/h4-10,17-18,21,27-29,34,42,44H,11-16,19-20H2,1-3H3,(H2,41,47)(H,43,51)(H,45,48)(H,49,50)(H,52,53)(H,54,55);3-4H,1-2H2/t27-,28-,29-,34-;/m0./s1. The number of carbonyl (C=O) groups is 6. The number of halogens is 2. The fourth-order valence-corrected chi connectivity index (χ4v) is 5.95. The van der Waals surface area contributed by atoms with Crippen LogP contribution in [0.4, 0.5) is 8.78 Å². The molecule has 0 fully saturated rings. The van der Waals surface area contributed by atoms with Crippen LogP contribution >= 0.6 is 0 Å². The minimum absolute atomic E-state index is 0.0335. The molecule has 0 aliphatic heterocycles. The van der Waals surface area contributed by atoms with E-state index in [0.29, 0.717) is 12.1 Å². The monoisotopic (exact) mass is 832 g/mol. The molecule has 0 unspecified atom stereocenters. The van der Waals surface area contributed by atoms with Crippen molar-refractivity contribution in [3.8, 4) is 11.1 Å². The Labute approximate surface area is 340 Å². The smallest absolute Gasteiger partial charge is 0.326 e. The average molecular weight is 833 g/mol. The molecule has 4 atom stereocenters. The zero-order chi connectivity index (χ0) is 44.3. The molecular weight excluding hydrogens is 778 g/mol. The lowest BCUT2D eigenvalue weighted by molar-refractivity contribution is -0.143. The number of nitrogens with two attached hydrogens (primary N) is 1. The van der Waals surface area contributed by atoms with Crippen LogP contribution in [0, 0.1) is 17.0 Å². The van der Waals surface area contributed by atoms with Gasteiger partial charge in [-0.3, -0.25) is 29.3 Å². The normalized spacial score (nSPS) is 13.2. The molecule has 0 radical (unpaired) electrons. The van der Waals surface area contributed by atoms with Crippen LogP contribution in [0.3, 0.4) is 0 Å². The van der Waals surface area contributed by atoms with Gasteiger partial charge in [-0.05, 0) is 54.6 Å². The van der Waals surface area contributed by atoms with Crippen LogP contribution in [0.1, 0.15) is 70.2 Å². The van der Waals surface area contributed by atoms with Gasteiger partial charge in [0.25, 0.3) is 0 Å². The van der Waals surface area contributed by atoms with E-state index in [2.05, 4.69) is 21.3 Å². The van der Waals surface area contributed by atoms with Crippen LogP contribution in [-0.2, 0) is 35.3 Å². The summed E-state index contributed by atoms with van der Waals surface area (Å²) < 4.78 is 31.2. The molecule has 0 saturated heterocycles. The number of carboxylic acid groups (broad SMARTS) is 3. The Morgan fingerprint density at radius 2 is 1.46 bits per heavy atom. The van der Waals surface area contributed by atoms with Crippen molar-refractivity contribution in [1.29, 1.82) is 0 Å². The second-order valence-corrected chi connectivity index (χ2v) is 14.6. The Morgan fingerprint density at radius 3 is 2.02 bits per heavy atom. The van der Waals surface area contributed by atoms with Crippen molar-refractivity contribution in [3.63, 3.8) is 0 Å². The highest BCUT2D eigenvalue weighted by Gasteiger charge is 2.32. The van der Waals surface area contributed by atoms with Gasteiger partial charge in [0.15, 0.2) is 0 Å². The first-order valence-corrected chi connectivity index (χ1v) is 18.7. The van der Waals surface area contributed by atoms with Crippen molar-refractivity contribution in [3.05, 3.63) is 83.7 Å². The second kappa shape index (κ2) is 24.2. The van der Waals surface area contributed by atoms with Crippen molar-refractivity contribution in [2.45, 2.75) is 83.6 Å². The number of hydrogen-bond acceptors (Lipinski definition) is 10. The van der Waals surface area contributed by atoms with Crippen LogP contribution in [0.15, 0.2) is 60.8 Å². The number of primary amides is 1. The molecule has 0 saturated carbocycles. The number of nitrogens with one attached hydrogen (secondary N) is 4. The minimum Gasteiger partial charge on any atom is -0.481 e. The van der Waals surface area contributed by atoms with Gasteiger partial charge in [-0.2, -0.15) is 0 Å². The average Bonchev–Trinajstić information content (AvgIpc) is 3.56. The molecule has 17 nitrogen and oxygen atoms in total. The molecule has 3 aromatic rings. The lowest BCUT2D eigenvalue weighted by Crippen LogP contribution is -2.53. The van der Waals surface area contributed by atoms with E-state index in [1.165, 1.54) is 0 Å². The van der Waals surface area contributed by atoms with Crippen molar-refractivity contribution < 1.29 is 63.1 Å². The van der Waals surface area contributed by atoms with E-state index >= 15 is 0 Å². The Bertz CT molecular complexity index is 1870. The molecule has 0 aliphatic rings. The summed E-state index contributed by atoms with van der Waals surface area (Å²) in [5.74, 6) is -7.74. The zero-order valence-electron chi connectivity index (χ0n) is 33.1. The van der Waals surface area contributed by atoms with E-state index in [9.17, 15) is 47.8 Å². The van der Waals surface area contributed by atoms with Gasteiger partial charge in [-0.1, -0.05) is 51.1 Å². The third kappa shape index (κ3) is 17.3. The van der Waals surface area contributed by atoms with E-state index in [-0.39, 0.29) is 51.1 Å². The molecule has 3 rings (SSSR count). The molecule has 11 N–H and O–H groups in total. The largest absolute Gasteiger partial charge is 0.481 e. The van der Waals surface area contributed by atoms with Gasteiger partial charge >= 0.3 is 17.9 Å². The molecule has 324 valence electrons. The summed E-state index contributed by atoms with van der Waals surface area (Å²) in [4.78, 5) is 71.8. The van der Waals surface area contributed by atoms with Crippen molar-refractivity contribution in [1.82, 2.24) is 25.8 Å². The highest BCUT2D eigenvalue weighted by molar-refractivity contribution is 5.87. The van der Waals surface area contributed by atoms with Crippen molar-refractivity contribution in [2.75, 3.05) is 26.3 Å². The highest BCUT2D eigenvalue weighted by atomic mass is 19.1. The predicted octanol–water partition coefficient (Wildman–Crippen LogP) is 1.75. The number of carboxylic acids is 3. The predicted molar refractivity (Wildman–Crippen MR) is 211 cm³/mol. The summed E-state index contributed by atoms with van der Waals surface area (Å²) in [7, 11) is 0. The highest BCUT2D eigenvalue weighted by Crippen LogP contribution is 2.37. The lowest BCUT2D eigenvalue weighted by Gasteiger charge is -2.33.